The predicted octanol–water partition coefficient (Wildman–Crippen LogP) is 4.06. The van der Waals surface area contributed by atoms with Crippen molar-refractivity contribution in [3.63, 3.8) is 0 Å². The molecule has 1 aromatic heterocycles. The van der Waals surface area contributed by atoms with Crippen LogP contribution in [0.25, 0.3) is 11.3 Å². The van der Waals surface area contributed by atoms with E-state index >= 15 is 0 Å². The quantitative estimate of drug-likeness (QED) is 0.662. The third-order valence-corrected chi connectivity index (χ3v) is 4.71. The molecule has 0 saturated carbocycles. The fraction of sp³-hybridized carbons (Fsp3) is 0.0556. The fourth-order valence-corrected chi connectivity index (χ4v) is 3.44. The predicted molar refractivity (Wildman–Crippen MR) is 89.8 cm³/mol. The summed E-state index contributed by atoms with van der Waals surface area (Å²) in [7, 11) is 0. The van der Waals surface area contributed by atoms with Gasteiger partial charge in [0.1, 0.15) is 5.82 Å². The van der Waals surface area contributed by atoms with Crippen molar-refractivity contribution in [1.29, 1.82) is 0 Å². The van der Waals surface area contributed by atoms with Gasteiger partial charge in [-0.2, -0.15) is 0 Å². The minimum atomic E-state index is -0.545. The summed E-state index contributed by atoms with van der Waals surface area (Å²) in [5.74, 6) is -1.56. The summed E-state index contributed by atoms with van der Waals surface area (Å²) in [6.07, 6.45) is 0. The van der Waals surface area contributed by atoms with Gasteiger partial charge in [-0.25, -0.2) is 14.3 Å². The van der Waals surface area contributed by atoms with Crippen LogP contribution >= 0.6 is 11.3 Å². The summed E-state index contributed by atoms with van der Waals surface area (Å²) in [5, 5.41) is 2.08. The molecule has 4 rings (SSSR count). The number of thiazole rings is 1. The van der Waals surface area contributed by atoms with Gasteiger partial charge < -0.3 is 0 Å². The molecule has 24 heavy (non-hydrogen) atoms. The second kappa shape index (κ2) is 5.35. The number of benzene rings is 2. The summed E-state index contributed by atoms with van der Waals surface area (Å²) in [6.45, 7) is 1.99. The first kappa shape index (κ1) is 14.7. The fourth-order valence-electron chi connectivity index (χ4n) is 2.61. The number of aromatic nitrogens is 1. The van der Waals surface area contributed by atoms with Crippen molar-refractivity contribution in [1.82, 2.24) is 4.98 Å². The maximum Gasteiger partial charge on any atom is 0.268 e. The van der Waals surface area contributed by atoms with Crippen LogP contribution in [0.1, 0.15) is 26.3 Å². The van der Waals surface area contributed by atoms with Crippen LogP contribution < -0.4 is 4.90 Å². The Morgan fingerprint density at radius 3 is 2.46 bits per heavy atom. The Labute approximate surface area is 141 Å². The smallest absolute Gasteiger partial charge is 0.268 e. The highest BCUT2D eigenvalue weighted by atomic mass is 32.1. The van der Waals surface area contributed by atoms with Crippen molar-refractivity contribution in [2.75, 3.05) is 4.90 Å². The molecular formula is C18H11FN2O2S. The van der Waals surface area contributed by atoms with Crippen LogP contribution in [0.15, 0.2) is 47.8 Å². The van der Waals surface area contributed by atoms with Gasteiger partial charge in [-0.05, 0) is 25.1 Å². The molecule has 0 unspecified atom stereocenters. The Bertz CT molecular complexity index is 979. The van der Waals surface area contributed by atoms with Gasteiger partial charge in [0.25, 0.3) is 11.8 Å². The lowest BCUT2D eigenvalue weighted by Gasteiger charge is -2.08. The lowest BCUT2D eigenvalue weighted by molar-refractivity contribution is 0.0926. The molecule has 0 spiro atoms. The average Bonchev–Trinajstić information content (AvgIpc) is 3.12. The highest BCUT2D eigenvalue weighted by Gasteiger charge is 2.38. The Kier molecular flexibility index (Phi) is 3.28. The van der Waals surface area contributed by atoms with Gasteiger partial charge in [0.05, 0.1) is 16.8 Å². The van der Waals surface area contributed by atoms with E-state index in [2.05, 4.69) is 4.98 Å². The largest absolute Gasteiger partial charge is 0.268 e. The number of carbonyl (C=O) groups is 2. The van der Waals surface area contributed by atoms with Crippen LogP contribution in [0.3, 0.4) is 0 Å². The Morgan fingerprint density at radius 1 is 1.00 bits per heavy atom. The lowest BCUT2D eigenvalue weighted by Crippen LogP contribution is -2.29. The summed E-state index contributed by atoms with van der Waals surface area (Å²) in [6, 6.07) is 11.4. The monoisotopic (exact) mass is 338 g/mol. The maximum atomic E-state index is 13.4. The normalized spacial score (nSPS) is 13.5. The highest BCUT2D eigenvalue weighted by Crippen LogP contribution is 2.33. The van der Waals surface area contributed by atoms with Crippen molar-refractivity contribution in [2.24, 2.45) is 0 Å². The Morgan fingerprint density at radius 2 is 1.71 bits per heavy atom. The molecule has 2 amide bonds. The standard InChI is InChI=1S/C18H11FN2O2S/c1-10-2-4-11(5-3-10)15-9-24-18(20-15)21-16(22)13-7-6-12(19)8-14(13)17(21)23/h2-9H,1H3. The van der Waals surface area contributed by atoms with Gasteiger partial charge >= 0.3 is 0 Å². The molecular weight excluding hydrogens is 327 g/mol. The SMILES string of the molecule is Cc1ccc(-c2csc(N3C(=O)c4ccc(F)cc4C3=O)n2)cc1. The maximum absolute atomic E-state index is 13.4. The molecule has 2 heterocycles. The number of anilines is 1. The van der Waals surface area contributed by atoms with Gasteiger partial charge in [0.15, 0.2) is 5.13 Å². The molecule has 2 aromatic carbocycles. The molecule has 0 bridgehead atoms. The molecule has 0 saturated heterocycles. The second-order valence-corrected chi connectivity index (χ2v) is 6.35. The Hall–Kier alpha value is -2.86. The number of carbonyl (C=O) groups excluding carboxylic acids is 2. The van der Waals surface area contributed by atoms with Crippen LogP contribution in [0.5, 0.6) is 0 Å². The van der Waals surface area contributed by atoms with Gasteiger partial charge in [-0.3, -0.25) is 9.59 Å². The summed E-state index contributed by atoms with van der Waals surface area (Å²) < 4.78 is 13.4. The summed E-state index contributed by atoms with van der Waals surface area (Å²) in [4.78, 5) is 30.3. The highest BCUT2D eigenvalue weighted by molar-refractivity contribution is 7.14. The van der Waals surface area contributed by atoms with E-state index in [-0.39, 0.29) is 16.3 Å². The number of hydrogen-bond acceptors (Lipinski definition) is 4. The van der Waals surface area contributed by atoms with E-state index in [9.17, 15) is 14.0 Å². The number of imide groups is 1. The molecule has 118 valence electrons. The van der Waals surface area contributed by atoms with Gasteiger partial charge in [0.2, 0.25) is 0 Å². The van der Waals surface area contributed by atoms with Crippen LogP contribution in [0, 0.1) is 12.7 Å². The van der Waals surface area contributed by atoms with E-state index in [4.69, 9.17) is 0 Å². The molecule has 0 atom stereocenters. The number of amides is 2. The third-order valence-electron chi connectivity index (χ3n) is 3.88. The summed E-state index contributed by atoms with van der Waals surface area (Å²) in [5.41, 5.74) is 3.01. The Balaban J connectivity index is 1.72. The molecule has 6 heteroatoms. The first-order valence-electron chi connectivity index (χ1n) is 7.25. The number of hydrogen-bond donors (Lipinski definition) is 0. The van der Waals surface area contributed by atoms with E-state index in [0.717, 1.165) is 22.1 Å². The molecule has 0 fully saturated rings. The molecule has 0 radical (unpaired) electrons. The van der Waals surface area contributed by atoms with Crippen molar-refractivity contribution < 1.29 is 14.0 Å². The molecule has 1 aliphatic heterocycles. The van der Waals surface area contributed by atoms with Crippen LogP contribution in [-0.4, -0.2) is 16.8 Å². The van der Waals surface area contributed by atoms with E-state index in [1.807, 2.05) is 31.2 Å². The van der Waals surface area contributed by atoms with Gasteiger partial charge in [-0.1, -0.05) is 29.8 Å². The second-order valence-electron chi connectivity index (χ2n) is 5.52. The minimum absolute atomic E-state index is 0.0760. The molecule has 4 nitrogen and oxygen atoms in total. The first-order chi connectivity index (χ1) is 11.5. The minimum Gasteiger partial charge on any atom is -0.268 e. The van der Waals surface area contributed by atoms with Gasteiger partial charge in [0, 0.05) is 10.9 Å². The number of rotatable bonds is 2. The van der Waals surface area contributed by atoms with Gasteiger partial charge in [-0.15, -0.1) is 11.3 Å². The topological polar surface area (TPSA) is 50.3 Å². The van der Waals surface area contributed by atoms with Crippen LogP contribution in [0.2, 0.25) is 0 Å². The number of fused-ring (bicyclic) bond motifs is 1. The molecule has 1 aliphatic rings. The number of halogens is 1. The van der Waals surface area contributed by atoms with Crippen LogP contribution in [-0.2, 0) is 0 Å². The van der Waals surface area contributed by atoms with Crippen molar-refractivity contribution in [2.45, 2.75) is 6.92 Å². The van der Waals surface area contributed by atoms with E-state index in [1.54, 1.807) is 5.38 Å². The first-order valence-corrected chi connectivity index (χ1v) is 8.13. The number of nitrogens with zero attached hydrogens (tertiary/aromatic N) is 2. The van der Waals surface area contributed by atoms with Crippen molar-refractivity contribution in [3.05, 3.63) is 70.4 Å². The van der Waals surface area contributed by atoms with Crippen LogP contribution in [0.4, 0.5) is 9.52 Å². The van der Waals surface area contributed by atoms with E-state index < -0.39 is 17.6 Å². The van der Waals surface area contributed by atoms with Crippen molar-refractivity contribution >= 4 is 28.3 Å². The number of aryl methyl sites for hydroxylation is 1. The zero-order valence-electron chi connectivity index (χ0n) is 12.6. The molecule has 0 N–H and O–H groups in total. The lowest BCUT2D eigenvalue weighted by atomic mass is 10.1. The molecule has 0 aliphatic carbocycles. The summed E-state index contributed by atoms with van der Waals surface area (Å²) >= 11 is 1.21. The van der Waals surface area contributed by atoms with E-state index in [0.29, 0.717) is 5.69 Å². The molecule has 3 aromatic rings. The third kappa shape index (κ3) is 2.23. The van der Waals surface area contributed by atoms with E-state index in [1.165, 1.54) is 23.5 Å². The average molecular weight is 338 g/mol. The zero-order valence-corrected chi connectivity index (χ0v) is 13.4. The van der Waals surface area contributed by atoms with Crippen molar-refractivity contribution in [3.8, 4) is 11.3 Å². The zero-order chi connectivity index (χ0) is 16.8.